The van der Waals surface area contributed by atoms with Crippen molar-refractivity contribution in [1.29, 1.82) is 0 Å². The van der Waals surface area contributed by atoms with E-state index in [1.165, 1.54) is 38.5 Å². The summed E-state index contributed by atoms with van der Waals surface area (Å²) < 4.78 is 0. The Balaban J connectivity index is 4.49. The van der Waals surface area contributed by atoms with Gasteiger partial charge in [0.05, 0.1) is 0 Å². The number of unbranched alkanes of at least 4 members (excludes halogenated alkanes) is 2. The van der Waals surface area contributed by atoms with Crippen molar-refractivity contribution < 1.29 is 9.90 Å². The Morgan fingerprint density at radius 3 is 1.67 bits per heavy atom. The summed E-state index contributed by atoms with van der Waals surface area (Å²) in [5.41, 5.74) is 2.61. The van der Waals surface area contributed by atoms with E-state index in [1.54, 1.807) is 0 Å². The van der Waals surface area contributed by atoms with E-state index in [0.717, 1.165) is 25.9 Å². The summed E-state index contributed by atoms with van der Waals surface area (Å²) in [6, 6.07) is 0. The van der Waals surface area contributed by atoms with E-state index in [-0.39, 0.29) is 0 Å². The van der Waals surface area contributed by atoms with Crippen LogP contribution in [0.15, 0.2) is 0 Å². The predicted molar refractivity (Wildman–Crippen MR) is 89.3 cm³/mol. The molecule has 0 aromatic heterocycles. The third-order valence-corrected chi connectivity index (χ3v) is 4.30. The molecule has 0 bridgehead atoms. The van der Waals surface area contributed by atoms with Gasteiger partial charge in [0.1, 0.15) is 0 Å². The summed E-state index contributed by atoms with van der Waals surface area (Å²) in [4.78, 5) is 11.0. The number of carbonyl (C=O) groups is 1. The molecular weight excluding hydrogens is 264 g/mol. The molecule has 4 heteroatoms. The summed E-state index contributed by atoms with van der Waals surface area (Å²) >= 11 is 0. The van der Waals surface area contributed by atoms with Crippen LogP contribution in [0.1, 0.15) is 79.1 Å². The van der Waals surface area contributed by atoms with E-state index in [2.05, 4.69) is 33.1 Å². The molecule has 21 heavy (non-hydrogen) atoms. The van der Waals surface area contributed by atoms with Crippen molar-refractivity contribution in [3.05, 3.63) is 0 Å². The molecule has 2 atom stereocenters. The molecule has 0 saturated heterocycles. The molecule has 0 fully saturated rings. The second-order valence-corrected chi connectivity index (χ2v) is 6.15. The highest BCUT2D eigenvalue weighted by Crippen LogP contribution is 2.17. The van der Waals surface area contributed by atoms with Gasteiger partial charge in [-0.25, -0.2) is 9.80 Å². The monoisotopic (exact) mass is 300 g/mol. The molecule has 0 aromatic carbocycles. The number of hydrazine groups is 1. The van der Waals surface area contributed by atoms with Crippen LogP contribution >= 0.6 is 0 Å². The van der Waals surface area contributed by atoms with Crippen molar-refractivity contribution >= 4 is 6.09 Å². The first-order valence-corrected chi connectivity index (χ1v) is 8.81. The smallest absolute Gasteiger partial charge is 0.419 e. The van der Waals surface area contributed by atoms with E-state index in [0.29, 0.717) is 11.8 Å². The molecule has 0 aliphatic heterocycles. The minimum absolute atomic E-state index is 0.584. The Hall–Kier alpha value is -0.770. The lowest BCUT2D eigenvalue weighted by Gasteiger charge is -2.29. The van der Waals surface area contributed by atoms with Crippen molar-refractivity contribution in [2.45, 2.75) is 79.1 Å². The first-order chi connectivity index (χ1) is 10.1. The molecule has 2 N–H and O–H groups in total. The Kier molecular flexibility index (Phi) is 12.5. The maximum Gasteiger partial charge on any atom is 0.419 e. The van der Waals surface area contributed by atoms with E-state index in [4.69, 9.17) is 5.11 Å². The largest absolute Gasteiger partial charge is 0.464 e. The van der Waals surface area contributed by atoms with E-state index < -0.39 is 6.09 Å². The molecule has 0 spiro atoms. The number of amides is 1. The third-order valence-electron chi connectivity index (χ3n) is 4.30. The number of carboxylic acid groups (broad SMARTS) is 1. The Morgan fingerprint density at radius 2 is 1.38 bits per heavy atom. The highest BCUT2D eigenvalue weighted by atomic mass is 16.4. The van der Waals surface area contributed by atoms with Gasteiger partial charge < -0.3 is 5.11 Å². The minimum atomic E-state index is -0.939. The predicted octanol–water partition coefficient (Wildman–Crippen LogP) is 4.90. The molecular formula is C17H36N2O2. The summed E-state index contributed by atoms with van der Waals surface area (Å²) in [6.45, 7) is 10.5. The van der Waals surface area contributed by atoms with Crippen molar-refractivity contribution in [2.24, 2.45) is 11.8 Å². The normalized spacial score (nSPS) is 14.1. The van der Waals surface area contributed by atoms with Crippen LogP contribution in [0, 0.1) is 11.8 Å². The Bertz CT molecular complexity index is 241. The second-order valence-electron chi connectivity index (χ2n) is 6.15. The van der Waals surface area contributed by atoms with Crippen LogP contribution in [0.5, 0.6) is 0 Å². The zero-order valence-corrected chi connectivity index (χ0v) is 14.5. The molecule has 0 rings (SSSR count). The number of hydrogen-bond acceptors (Lipinski definition) is 2. The van der Waals surface area contributed by atoms with Crippen LogP contribution in [0.25, 0.3) is 0 Å². The van der Waals surface area contributed by atoms with Crippen molar-refractivity contribution in [3.63, 3.8) is 0 Å². The Morgan fingerprint density at radius 1 is 0.952 bits per heavy atom. The molecule has 0 aromatic rings. The van der Waals surface area contributed by atoms with Gasteiger partial charge in [-0.3, -0.25) is 5.43 Å². The first kappa shape index (κ1) is 20.2. The van der Waals surface area contributed by atoms with E-state index in [9.17, 15) is 4.79 Å². The van der Waals surface area contributed by atoms with E-state index >= 15 is 0 Å². The van der Waals surface area contributed by atoms with Crippen LogP contribution in [-0.2, 0) is 0 Å². The van der Waals surface area contributed by atoms with Crippen LogP contribution in [-0.4, -0.2) is 29.3 Å². The average Bonchev–Trinajstić information content (AvgIpc) is 2.46. The topological polar surface area (TPSA) is 52.6 Å². The van der Waals surface area contributed by atoms with E-state index in [1.807, 2.05) is 5.01 Å². The lowest BCUT2D eigenvalue weighted by atomic mass is 9.96. The summed E-state index contributed by atoms with van der Waals surface area (Å²) in [5, 5.41) is 11.0. The molecule has 126 valence electrons. The fraction of sp³-hybridized carbons (Fsp3) is 0.941. The molecule has 0 radical (unpaired) electrons. The van der Waals surface area contributed by atoms with Crippen molar-refractivity contribution in [2.75, 3.05) is 13.1 Å². The summed E-state index contributed by atoms with van der Waals surface area (Å²) in [5.74, 6) is 1.17. The van der Waals surface area contributed by atoms with Gasteiger partial charge in [0.25, 0.3) is 0 Å². The van der Waals surface area contributed by atoms with Gasteiger partial charge >= 0.3 is 6.09 Å². The quantitative estimate of drug-likeness (QED) is 0.475. The van der Waals surface area contributed by atoms with Gasteiger partial charge in [0, 0.05) is 13.1 Å². The van der Waals surface area contributed by atoms with Gasteiger partial charge in [-0.05, 0) is 24.7 Å². The molecule has 4 nitrogen and oxygen atoms in total. The lowest BCUT2D eigenvalue weighted by Crippen LogP contribution is -2.46. The maximum absolute atomic E-state index is 11.0. The van der Waals surface area contributed by atoms with Crippen molar-refractivity contribution in [1.82, 2.24) is 10.4 Å². The van der Waals surface area contributed by atoms with Gasteiger partial charge in [0.2, 0.25) is 0 Å². The fourth-order valence-corrected chi connectivity index (χ4v) is 2.76. The molecule has 1 amide bonds. The minimum Gasteiger partial charge on any atom is -0.464 e. The zero-order valence-electron chi connectivity index (χ0n) is 14.5. The van der Waals surface area contributed by atoms with Gasteiger partial charge in [-0.2, -0.15) is 0 Å². The second kappa shape index (κ2) is 12.9. The summed E-state index contributed by atoms with van der Waals surface area (Å²) in [6.07, 6.45) is 8.54. The summed E-state index contributed by atoms with van der Waals surface area (Å²) in [7, 11) is 0. The van der Waals surface area contributed by atoms with Crippen LogP contribution in [0.2, 0.25) is 0 Å². The Labute approximate surface area is 131 Å². The molecule has 0 heterocycles. The number of nitrogens with one attached hydrogen (secondary N) is 1. The zero-order chi connectivity index (χ0) is 16.1. The van der Waals surface area contributed by atoms with Gasteiger partial charge in [0.15, 0.2) is 0 Å². The van der Waals surface area contributed by atoms with Crippen LogP contribution < -0.4 is 5.43 Å². The molecule has 0 aliphatic rings. The van der Waals surface area contributed by atoms with Crippen LogP contribution in [0.4, 0.5) is 4.79 Å². The highest BCUT2D eigenvalue weighted by molar-refractivity contribution is 5.63. The number of rotatable bonds is 13. The number of hydrogen-bond donors (Lipinski definition) is 2. The average molecular weight is 300 g/mol. The SMILES string of the molecule is CCCCC(CC)CN(CC(CC)CCCC)NC(=O)O. The maximum atomic E-state index is 11.0. The van der Waals surface area contributed by atoms with Crippen molar-refractivity contribution in [3.8, 4) is 0 Å². The molecule has 0 aliphatic carbocycles. The number of nitrogens with zero attached hydrogens (tertiary/aromatic N) is 1. The first-order valence-electron chi connectivity index (χ1n) is 8.81. The third kappa shape index (κ3) is 10.6. The van der Waals surface area contributed by atoms with Gasteiger partial charge in [-0.1, -0.05) is 66.2 Å². The molecule has 2 unspecified atom stereocenters. The van der Waals surface area contributed by atoms with Gasteiger partial charge in [-0.15, -0.1) is 0 Å². The standard InChI is InChI=1S/C17H36N2O2/c1-5-9-11-15(7-3)13-19(18-17(20)21)14-16(8-4)12-10-6-2/h15-16,18H,5-14H2,1-4H3,(H,20,21). The lowest BCUT2D eigenvalue weighted by molar-refractivity contribution is 0.106. The fourth-order valence-electron chi connectivity index (χ4n) is 2.76. The molecule has 0 saturated carbocycles. The highest BCUT2D eigenvalue weighted by Gasteiger charge is 2.18. The van der Waals surface area contributed by atoms with Crippen LogP contribution in [0.3, 0.4) is 0 Å².